The van der Waals surface area contributed by atoms with E-state index in [4.69, 9.17) is 4.74 Å². The fraction of sp³-hybridized carbons (Fsp3) is 0.480. The van der Waals surface area contributed by atoms with Crippen LogP contribution in [0.15, 0.2) is 42.5 Å². The fourth-order valence-corrected chi connectivity index (χ4v) is 5.45. The number of para-hydroxylation sites is 1. The van der Waals surface area contributed by atoms with Gasteiger partial charge in [-0.2, -0.15) is 0 Å². The molecule has 1 aliphatic carbocycles. The molecule has 3 aliphatic heterocycles. The second-order valence-corrected chi connectivity index (χ2v) is 9.36. The van der Waals surface area contributed by atoms with Crippen LogP contribution in [0.3, 0.4) is 0 Å². The minimum atomic E-state index is -0.228. The van der Waals surface area contributed by atoms with E-state index in [2.05, 4.69) is 28.4 Å². The molecule has 1 saturated carbocycles. The summed E-state index contributed by atoms with van der Waals surface area (Å²) in [5.74, 6) is 0.621. The van der Waals surface area contributed by atoms with Gasteiger partial charge in [-0.05, 0) is 49.1 Å². The number of anilines is 2. The van der Waals surface area contributed by atoms with Crippen LogP contribution in [0.2, 0.25) is 0 Å². The van der Waals surface area contributed by atoms with Gasteiger partial charge in [-0.3, -0.25) is 9.69 Å². The summed E-state index contributed by atoms with van der Waals surface area (Å²) in [6.07, 6.45) is 3.00. The van der Waals surface area contributed by atoms with E-state index in [1.165, 1.54) is 11.6 Å². The standard InChI is InChI=1S/C25H28FN3O2/c26-17-7-8-23-21(13-17)24-20(19-3-1-2-4-22(19)27-23)14-18(31-24)15-28-9-11-29(12-10-28)25(30)16-5-6-16/h1-4,7-8,13,16,18,20,24,27H,5-6,9-12,14-15H2. The maximum atomic E-state index is 14.1. The molecular formula is C25H28FN3O2. The Balaban J connectivity index is 1.19. The summed E-state index contributed by atoms with van der Waals surface area (Å²) in [5.41, 5.74) is 4.16. The van der Waals surface area contributed by atoms with Crippen molar-refractivity contribution >= 4 is 17.3 Å². The first-order valence-electron chi connectivity index (χ1n) is 11.5. The molecule has 0 bridgehead atoms. The summed E-state index contributed by atoms with van der Waals surface area (Å²) < 4.78 is 20.7. The van der Waals surface area contributed by atoms with Gasteiger partial charge < -0.3 is 15.0 Å². The number of halogens is 1. The number of carbonyl (C=O) groups excluding carboxylic acids is 1. The number of rotatable bonds is 3. The summed E-state index contributed by atoms with van der Waals surface area (Å²) in [4.78, 5) is 16.8. The zero-order valence-electron chi connectivity index (χ0n) is 17.6. The Bertz CT molecular complexity index is 1000. The largest absolute Gasteiger partial charge is 0.368 e. The van der Waals surface area contributed by atoms with Gasteiger partial charge in [0.1, 0.15) is 5.82 Å². The van der Waals surface area contributed by atoms with Crippen molar-refractivity contribution in [2.24, 2.45) is 5.92 Å². The average Bonchev–Trinajstić information content (AvgIpc) is 3.57. The minimum absolute atomic E-state index is 0.1000. The van der Waals surface area contributed by atoms with E-state index in [9.17, 15) is 9.18 Å². The van der Waals surface area contributed by atoms with Crippen molar-refractivity contribution in [2.45, 2.75) is 37.4 Å². The molecule has 0 spiro atoms. The third kappa shape index (κ3) is 3.62. The molecule has 5 nitrogen and oxygen atoms in total. The van der Waals surface area contributed by atoms with Crippen molar-refractivity contribution in [3.8, 4) is 0 Å². The quantitative estimate of drug-likeness (QED) is 0.812. The molecule has 1 N–H and O–H groups in total. The highest BCUT2D eigenvalue weighted by molar-refractivity contribution is 5.81. The lowest BCUT2D eigenvalue weighted by Gasteiger charge is -2.36. The lowest BCUT2D eigenvalue weighted by atomic mass is 9.87. The maximum absolute atomic E-state index is 14.1. The average molecular weight is 422 g/mol. The van der Waals surface area contributed by atoms with Crippen molar-refractivity contribution < 1.29 is 13.9 Å². The zero-order chi connectivity index (χ0) is 20.9. The van der Waals surface area contributed by atoms with Gasteiger partial charge in [-0.1, -0.05) is 18.2 Å². The summed E-state index contributed by atoms with van der Waals surface area (Å²) in [5, 5.41) is 3.49. The van der Waals surface area contributed by atoms with Gasteiger partial charge >= 0.3 is 0 Å². The molecule has 6 heteroatoms. The van der Waals surface area contributed by atoms with Gasteiger partial charge in [-0.25, -0.2) is 4.39 Å². The summed E-state index contributed by atoms with van der Waals surface area (Å²) in [7, 11) is 0. The summed E-state index contributed by atoms with van der Waals surface area (Å²) in [6.45, 7) is 4.29. The second kappa shape index (κ2) is 7.61. The SMILES string of the molecule is O=C(C1CC1)N1CCN(CC2CC3c4ccccc4Nc4ccc(F)cc4C3O2)CC1. The highest BCUT2D eigenvalue weighted by Crippen LogP contribution is 2.51. The molecule has 2 aromatic carbocycles. The van der Waals surface area contributed by atoms with Gasteiger partial charge in [0, 0.05) is 61.5 Å². The van der Waals surface area contributed by atoms with Crippen LogP contribution in [-0.2, 0) is 9.53 Å². The molecule has 3 heterocycles. The van der Waals surface area contributed by atoms with Crippen LogP contribution in [0.4, 0.5) is 15.8 Å². The minimum Gasteiger partial charge on any atom is -0.368 e. The molecule has 162 valence electrons. The number of fused-ring (bicyclic) bond motifs is 5. The smallest absolute Gasteiger partial charge is 0.225 e. The normalized spacial score (nSPS) is 27.6. The molecule has 1 amide bonds. The van der Waals surface area contributed by atoms with E-state index >= 15 is 0 Å². The fourth-order valence-electron chi connectivity index (χ4n) is 5.45. The molecule has 3 fully saturated rings. The van der Waals surface area contributed by atoms with Crippen LogP contribution >= 0.6 is 0 Å². The Labute approximate surface area is 182 Å². The van der Waals surface area contributed by atoms with Crippen LogP contribution in [0.1, 0.15) is 42.4 Å². The maximum Gasteiger partial charge on any atom is 0.225 e. The van der Waals surface area contributed by atoms with E-state index in [0.29, 0.717) is 11.8 Å². The highest BCUT2D eigenvalue weighted by Gasteiger charge is 2.42. The summed E-state index contributed by atoms with van der Waals surface area (Å²) in [6, 6.07) is 13.3. The predicted molar refractivity (Wildman–Crippen MR) is 117 cm³/mol. The van der Waals surface area contributed by atoms with Crippen molar-refractivity contribution in [3.63, 3.8) is 0 Å². The number of ether oxygens (including phenoxy) is 1. The van der Waals surface area contributed by atoms with Gasteiger partial charge in [0.15, 0.2) is 0 Å². The molecule has 0 aromatic heterocycles. The number of piperazine rings is 1. The molecule has 3 atom stereocenters. The third-order valence-electron chi connectivity index (χ3n) is 7.24. The monoisotopic (exact) mass is 421 g/mol. The predicted octanol–water partition coefficient (Wildman–Crippen LogP) is 4.05. The molecule has 31 heavy (non-hydrogen) atoms. The first-order valence-corrected chi connectivity index (χ1v) is 11.5. The van der Waals surface area contributed by atoms with Gasteiger partial charge in [0.05, 0.1) is 12.2 Å². The molecular weight excluding hydrogens is 393 g/mol. The van der Waals surface area contributed by atoms with E-state index < -0.39 is 0 Å². The van der Waals surface area contributed by atoms with Gasteiger partial charge in [0.25, 0.3) is 0 Å². The first kappa shape index (κ1) is 19.3. The van der Waals surface area contributed by atoms with Crippen molar-refractivity contribution in [1.29, 1.82) is 0 Å². The third-order valence-corrected chi connectivity index (χ3v) is 7.24. The van der Waals surface area contributed by atoms with Crippen LogP contribution in [0.5, 0.6) is 0 Å². The molecule has 3 unspecified atom stereocenters. The van der Waals surface area contributed by atoms with Crippen LogP contribution < -0.4 is 5.32 Å². The van der Waals surface area contributed by atoms with E-state index in [1.54, 1.807) is 6.07 Å². The number of hydrogen-bond donors (Lipinski definition) is 1. The highest BCUT2D eigenvalue weighted by atomic mass is 19.1. The number of amides is 1. The lowest BCUT2D eigenvalue weighted by Crippen LogP contribution is -2.50. The number of hydrogen-bond acceptors (Lipinski definition) is 4. The topological polar surface area (TPSA) is 44.8 Å². The van der Waals surface area contributed by atoms with Crippen molar-refractivity contribution in [2.75, 3.05) is 38.0 Å². The Morgan fingerprint density at radius 3 is 2.61 bits per heavy atom. The molecule has 2 aromatic rings. The van der Waals surface area contributed by atoms with E-state index in [-0.39, 0.29) is 23.9 Å². The second-order valence-electron chi connectivity index (χ2n) is 9.36. The lowest BCUT2D eigenvalue weighted by molar-refractivity contribution is -0.134. The Kier molecular flexibility index (Phi) is 4.73. The van der Waals surface area contributed by atoms with Gasteiger partial charge in [-0.15, -0.1) is 0 Å². The summed E-state index contributed by atoms with van der Waals surface area (Å²) >= 11 is 0. The number of nitrogens with one attached hydrogen (secondary N) is 1. The molecule has 4 aliphatic rings. The molecule has 0 radical (unpaired) electrons. The van der Waals surface area contributed by atoms with E-state index in [1.807, 2.05) is 17.0 Å². The van der Waals surface area contributed by atoms with Crippen molar-refractivity contribution in [3.05, 3.63) is 59.4 Å². The Hall–Kier alpha value is -2.44. The zero-order valence-corrected chi connectivity index (χ0v) is 17.6. The number of nitrogens with zero attached hydrogens (tertiary/aromatic N) is 2. The van der Waals surface area contributed by atoms with Crippen LogP contribution in [0, 0.1) is 11.7 Å². The number of carbonyl (C=O) groups is 1. The van der Waals surface area contributed by atoms with E-state index in [0.717, 1.165) is 68.9 Å². The van der Waals surface area contributed by atoms with Crippen LogP contribution in [-0.4, -0.2) is 54.5 Å². The molecule has 2 saturated heterocycles. The Morgan fingerprint density at radius 2 is 1.81 bits per heavy atom. The van der Waals surface area contributed by atoms with Gasteiger partial charge in [0.2, 0.25) is 5.91 Å². The Morgan fingerprint density at radius 1 is 1.03 bits per heavy atom. The number of benzene rings is 2. The first-order chi connectivity index (χ1) is 15.2. The van der Waals surface area contributed by atoms with Crippen molar-refractivity contribution in [1.82, 2.24) is 9.80 Å². The molecule has 6 rings (SSSR count). The van der Waals surface area contributed by atoms with Crippen LogP contribution in [0.25, 0.3) is 0 Å².